The number of rotatable bonds is 5. The van der Waals surface area contributed by atoms with Crippen LogP contribution < -0.4 is 5.32 Å². The molecule has 5 heteroatoms. The standard InChI is InChI=1S/C18H33N3O2/c22-18(19-13-17-8-6-12-23-17)15-20-9-5-7-16(14-20)21-10-3-1-2-4-11-21/h16-17H,1-15H2,(H,19,22)/t16-,17-/m1/s1. The third-order valence-electron chi connectivity index (χ3n) is 5.56. The lowest BCUT2D eigenvalue weighted by Crippen LogP contribution is -2.51. The molecule has 0 aliphatic carbocycles. The van der Waals surface area contributed by atoms with Gasteiger partial charge in [-0.3, -0.25) is 14.6 Å². The van der Waals surface area contributed by atoms with Gasteiger partial charge >= 0.3 is 0 Å². The summed E-state index contributed by atoms with van der Waals surface area (Å²) in [6.07, 6.45) is 10.4. The summed E-state index contributed by atoms with van der Waals surface area (Å²) in [6.45, 7) is 6.72. The van der Waals surface area contributed by atoms with Crippen LogP contribution in [-0.4, -0.2) is 73.7 Å². The van der Waals surface area contributed by atoms with Crippen molar-refractivity contribution in [1.82, 2.24) is 15.1 Å². The van der Waals surface area contributed by atoms with Gasteiger partial charge in [0.25, 0.3) is 0 Å². The Morgan fingerprint density at radius 1 is 1.00 bits per heavy atom. The molecule has 0 spiro atoms. The first kappa shape index (κ1) is 17.2. The number of carbonyl (C=O) groups is 1. The van der Waals surface area contributed by atoms with Crippen molar-refractivity contribution >= 4 is 5.91 Å². The maximum absolute atomic E-state index is 12.2. The van der Waals surface area contributed by atoms with Crippen LogP contribution in [0, 0.1) is 0 Å². The summed E-state index contributed by atoms with van der Waals surface area (Å²) in [5.74, 6) is 0.164. The molecule has 1 amide bonds. The second kappa shape index (κ2) is 9.00. The summed E-state index contributed by atoms with van der Waals surface area (Å²) >= 11 is 0. The van der Waals surface area contributed by atoms with Crippen molar-refractivity contribution in [3.63, 3.8) is 0 Å². The van der Waals surface area contributed by atoms with Gasteiger partial charge in [0, 0.05) is 25.7 Å². The minimum absolute atomic E-state index is 0.164. The second-order valence-electron chi connectivity index (χ2n) is 7.42. The predicted molar refractivity (Wildman–Crippen MR) is 91.5 cm³/mol. The molecule has 3 fully saturated rings. The SMILES string of the molecule is O=C(CN1CCC[C@@H](N2CCCCCC2)C1)NC[C@H]1CCCO1. The average Bonchev–Trinajstić information content (AvgIpc) is 2.93. The zero-order valence-corrected chi connectivity index (χ0v) is 14.5. The van der Waals surface area contributed by atoms with Gasteiger partial charge in [-0.1, -0.05) is 12.8 Å². The van der Waals surface area contributed by atoms with Gasteiger partial charge in [0.05, 0.1) is 12.6 Å². The molecule has 0 aromatic rings. The number of amides is 1. The van der Waals surface area contributed by atoms with Gasteiger partial charge in [-0.05, 0) is 58.2 Å². The van der Waals surface area contributed by atoms with Crippen LogP contribution in [-0.2, 0) is 9.53 Å². The summed E-state index contributed by atoms with van der Waals surface area (Å²) in [5.41, 5.74) is 0. The highest BCUT2D eigenvalue weighted by Crippen LogP contribution is 2.20. The van der Waals surface area contributed by atoms with Crippen molar-refractivity contribution < 1.29 is 9.53 Å². The molecule has 3 heterocycles. The summed E-state index contributed by atoms with van der Waals surface area (Å²) in [6, 6.07) is 0.660. The third-order valence-corrected chi connectivity index (χ3v) is 5.56. The summed E-state index contributed by atoms with van der Waals surface area (Å²) in [5, 5.41) is 3.06. The van der Waals surface area contributed by atoms with Gasteiger partial charge in [-0.2, -0.15) is 0 Å². The Bertz CT molecular complexity index is 363. The lowest BCUT2D eigenvalue weighted by molar-refractivity contribution is -0.123. The highest BCUT2D eigenvalue weighted by molar-refractivity contribution is 5.78. The van der Waals surface area contributed by atoms with E-state index in [9.17, 15) is 4.79 Å². The molecule has 3 saturated heterocycles. The van der Waals surface area contributed by atoms with Crippen molar-refractivity contribution in [2.24, 2.45) is 0 Å². The highest BCUT2D eigenvalue weighted by Gasteiger charge is 2.26. The summed E-state index contributed by atoms with van der Waals surface area (Å²) in [7, 11) is 0. The Morgan fingerprint density at radius 3 is 2.57 bits per heavy atom. The van der Waals surface area contributed by atoms with E-state index in [4.69, 9.17) is 4.74 Å². The molecule has 0 aromatic heterocycles. The molecular weight excluding hydrogens is 290 g/mol. The normalized spacial score (nSPS) is 31.0. The van der Waals surface area contributed by atoms with Gasteiger partial charge in [-0.25, -0.2) is 0 Å². The Kier molecular flexibility index (Phi) is 6.72. The summed E-state index contributed by atoms with van der Waals surface area (Å²) in [4.78, 5) is 17.2. The first-order chi connectivity index (χ1) is 11.3. The van der Waals surface area contributed by atoms with Crippen LogP contribution in [0.15, 0.2) is 0 Å². The lowest BCUT2D eigenvalue weighted by Gasteiger charge is -2.38. The van der Waals surface area contributed by atoms with Crippen LogP contribution in [0.3, 0.4) is 0 Å². The first-order valence-corrected chi connectivity index (χ1v) is 9.66. The molecule has 5 nitrogen and oxygen atoms in total. The van der Waals surface area contributed by atoms with Crippen LogP contribution in [0.25, 0.3) is 0 Å². The zero-order chi connectivity index (χ0) is 15.9. The molecule has 0 bridgehead atoms. The number of likely N-dealkylation sites (tertiary alicyclic amines) is 2. The Balaban J connectivity index is 1.39. The van der Waals surface area contributed by atoms with Crippen LogP contribution >= 0.6 is 0 Å². The molecule has 0 radical (unpaired) electrons. The molecule has 3 aliphatic rings. The van der Waals surface area contributed by atoms with Crippen LogP contribution in [0.5, 0.6) is 0 Å². The van der Waals surface area contributed by atoms with Crippen molar-refractivity contribution in [3.05, 3.63) is 0 Å². The van der Waals surface area contributed by atoms with E-state index in [1.165, 1.54) is 51.6 Å². The van der Waals surface area contributed by atoms with Crippen LogP contribution in [0.4, 0.5) is 0 Å². The lowest BCUT2D eigenvalue weighted by atomic mass is 10.0. The fourth-order valence-corrected chi connectivity index (χ4v) is 4.23. The predicted octanol–water partition coefficient (Wildman–Crippen LogP) is 1.62. The first-order valence-electron chi connectivity index (χ1n) is 9.66. The van der Waals surface area contributed by atoms with E-state index >= 15 is 0 Å². The molecule has 132 valence electrons. The van der Waals surface area contributed by atoms with Crippen molar-refractivity contribution in [3.8, 4) is 0 Å². The van der Waals surface area contributed by atoms with E-state index < -0.39 is 0 Å². The fraction of sp³-hybridized carbons (Fsp3) is 0.944. The van der Waals surface area contributed by atoms with Crippen LogP contribution in [0.2, 0.25) is 0 Å². The number of piperidine rings is 1. The molecule has 0 aromatic carbocycles. The minimum atomic E-state index is 0.164. The van der Waals surface area contributed by atoms with E-state index in [2.05, 4.69) is 15.1 Å². The molecule has 1 N–H and O–H groups in total. The molecule has 3 rings (SSSR count). The van der Waals surface area contributed by atoms with Crippen LogP contribution in [0.1, 0.15) is 51.4 Å². The molecule has 2 atom stereocenters. The molecular formula is C18H33N3O2. The van der Waals surface area contributed by atoms with E-state index in [0.29, 0.717) is 19.1 Å². The number of carbonyl (C=O) groups excluding carboxylic acids is 1. The van der Waals surface area contributed by atoms with Crippen molar-refractivity contribution in [2.75, 3.05) is 45.9 Å². The maximum Gasteiger partial charge on any atom is 0.234 e. The maximum atomic E-state index is 12.2. The minimum Gasteiger partial charge on any atom is -0.376 e. The van der Waals surface area contributed by atoms with E-state index in [0.717, 1.165) is 32.5 Å². The Morgan fingerprint density at radius 2 is 1.83 bits per heavy atom. The zero-order valence-electron chi connectivity index (χ0n) is 14.5. The Hall–Kier alpha value is -0.650. The van der Waals surface area contributed by atoms with E-state index in [1.807, 2.05) is 0 Å². The second-order valence-corrected chi connectivity index (χ2v) is 7.42. The number of hydrogen-bond acceptors (Lipinski definition) is 4. The number of nitrogens with one attached hydrogen (secondary N) is 1. The molecule has 23 heavy (non-hydrogen) atoms. The highest BCUT2D eigenvalue weighted by atomic mass is 16.5. The monoisotopic (exact) mass is 323 g/mol. The van der Waals surface area contributed by atoms with Gasteiger partial charge in [0.2, 0.25) is 5.91 Å². The summed E-state index contributed by atoms with van der Waals surface area (Å²) < 4.78 is 5.57. The number of nitrogens with zero attached hydrogens (tertiary/aromatic N) is 2. The Labute approximate surface area is 140 Å². The fourth-order valence-electron chi connectivity index (χ4n) is 4.23. The van der Waals surface area contributed by atoms with E-state index in [-0.39, 0.29) is 12.0 Å². The van der Waals surface area contributed by atoms with Crippen molar-refractivity contribution in [1.29, 1.82) is 0 Å². The van der Waals surface area contributed by atoms with Gasteiger partial charge in [0.1, 0.15) is 0 Å². The quantitative estimate of drug-likeness (QED) is 0.835. The number of hydrogen-bond donors (Lipinski definition) is 1. The molecule has 3 aliphatic heterocycles. The number of ether oxygens (including phenoxy) is 1. The van der Waals surface area contributed by atoms with Crippen molar-refractivity contribution in [2.45, 2.75) is 63.5 Å². The smallest absolute Gasteiger partial charge is 0.234 e. The van der Waals surface area contributed by atoms with Gasteiger partial charge in [-0.15, -0.1) is 0 Å². The molecule has 0 saturated carbocycles. The largest absolute Gasteiger partial charge is 0.376 e. The molecule has 0 unspecified atom stereocenters. The topological polar surface area (TPSA) is 44.8 Å². The van der Waals surface area contributed by atoms with Gasteiger partial charge < -0.3 is 10.1 Å². The average molecular weight is 323 g/mol. The third kappa shape index (κ3) is 5.44. The van der Waals surface area contributed by atoms with Gasteiger partial charge in [0.15, 0.2) is 0 Å². The van der Waals surface area contributed by atoms with E-state index in [1.54, 1.807) is 0 Å².